The van der Waals surface area contributed by atoms with Crippen molar-refractivity contribution in [2.75, 3.05) is 6.54 Å². The minimum atomic E-state index is -0.837. The van der Waals surface area contributed by atoms with Crippen LogP contribution in [0, 0.1) is 11.8 Å². The van der Waals surface area contributed by atoms with Crippen molar-refractivity contribution in [1.82, 2.24) is 0 Å². The van der Waals surface area contributed by atoms with Crippen molar-refractivity contribution in [3.8, 4) is 0 Å². The first-order chi connectivity index (χ1) is 8.86. The average Bonchev–Trinajstić information content (AvgIpc) is 2.37. The Labute approximate surface area is 123 Å². The lowest BCUT2D eigenvalue weighted by molar-refractivity contribution is -0.142. The zero-order valence-electron chi connectivity index (χ0n) is 11.1. The van der Waals surface area contributed by atoms with Crippen LogP contribution in [0.3, 0.4) is 0 Å². The largest absolute Gasteiger partial charge is 0.481 e. The van der Waals surface area contributed by atoms with E-state index < -0.39 is 11.9 Å². The Hall–Kier alpha value is -0.770. The molecule has 1 aromatic carbocycles. The van der Waals surface area contributed by atoms with E-state index in [1.807, 2.05) is 19.1 Å². The second-order valence-electron chi connectivity index (χ2n) is 4.95. The van der Waals surface area contributed by atoms with Crippen LogP contribution in [0.2, 0.25) is 10.0 Å². The van der Waals surface area contributed by atoms with Gasteiger partial charge in [-0.2, -0.15) is 0 Å². The molecular formula is C14H19Cl2NO2. The van der Waals surface area contributed by atoms with E-state index in [9.17, 15) is 4.79 Å². The van der Waals surface area contributed by atoms with Gasteiger partial charge in [-0.1, -0.05) is 43.1 Å². The van der Waals surface area contributed by atoms with E-state index in [2.05, 4.69) is 6.92 Å². The van der Waals surface area contributed by atoms with Gasteiger partial charge in [-0.25, -0.2) is 0 Å². The molecule has 106 valence electrons. The van der Waals surface area contributed by atoms with Crippen LogP contribution < -0.4 is 5.73 Å². The Bertz CT molecular complexity index is 451. The maximum Gasteiger partial charge on any atom is 0.307 e. The summed E-state index contributed by atoms with van der Waals surface area (Å²) in [7, 11) is 0. The van der Waals surface area contributed by atoms with Crippen molar-refractivity contribution in [3.05, 3.63) is 33.8 Å². The second-order valence-corrected chi connectivity index (χ2v) is 5.76. The maximum atomic E-state index is 11.0. The second kappa shape index (κ2) is 7.13. The molecule has 3 nitrogen and oxygen atoms in total. The number of rotatable bonds is 6. The first-order valence-electron chi connectivity index (χ1n) is 6.24. The smallest absolute Gasteiger partial charge is 0.307 e. The quantitative estimate of drug-likeness (QED) is 0.840. The molecule has 19 heavy (non-hydrogen) atoms. The predicted octanol–water partition coefficient (Wildman–Crippen LogP) is 3.78. The average molecular weight is 304 g/mol. The molecule has 0 aromatic heterocycles. The van der Waals surface area contributed by atoms with Crippen molar-refractivity contribution in [3.63, 3.8) is 0 Å². The van der Waals surface area contributed by atoms with Gasteiger partial charge >= 0.3 is 5.97 Å². The fourth-order valence-electron chi connectivity index (χ4n) is 2.07. The standard InChI is InChI=1S/C14H19Cl2NO2/c1-8(5-11(7-17)14(18)19)9(2)10-3-4-12(15)13(16)6-10/h3-4,6,8-9,11H,5,7,17H2,1-2H3,(H,18,19). The van der Waals surface area contributed by atoms with E-state index in [0.29, 0.717) is 16.5 Å². The van der Waals surface area contributed by atoms with Crippen LogP contribution in [0.1, 0.15) is 31.7 Å². The first-order valence-corrected chi connectivity index (χ1v) is 7.00. The van der Waals surface area contributed by atoms with Crippen LogP contribution in [-0.4, -0.2) is 17.6 Å². The molecule has 0 aliphatic heterocycles. The number of hydrogen-bond donors (Lipinski definition) is 2. The molecule has 0 aliphatic rings. The van der Waals surface area contributed by atoms with E-state index in [4.69, 9.17) is 34.0 Å². The molecule has 0 radical (unpaired) electrons. The predicted molar refractivity (Wildman–Crippen MR) is 78.8 cm³/mol. The van der Waals surface area contributed by atoms with Gasteiger partial charge < -0.3 is 10.8 Å². The Morgan fingerprint density at radius 2 is 1.95 bits per heavy atom. The van der Waals surface area contributed by atoms with Gasteiger partial charge in [0.2, 0.25) is 0 Å². The van der Waals surface area contributed by atoms with E-state index in [1.165, 1.54) is 0 Å². The van der Waals surface area contributed by atoms with Gasteiger partial charge in [0.05, 0.1) is 16.0 Å². The van der Waals surface area contributed by atoms with Crippen molar-refractivity contribution in [1.29, 1.82) is 0 Å². The fourth-order valence-corrected chi connectivity index (χ4v) is 2.38. The van der Waals surface area contributed by atoms with Crippen molar-refractivity contribution < 1.29 is 9.90 Å². The number of carboxylic acids is 1. The minimum Gasteiger partial charge on any atom is -0.481 e. The number of aliphatic carboxylic acids is 1. The highest BCUT2D eigenvalue weighted by molar-refractivity contribution is 6.42. The zero-order valence-corrected chi connectivity index (χ0v) is 12.6. The highest BCUT2D eigenvalue weighted by Gasteiger charge is 2.23. The summed E-state index contributed by atoms with van der Waals surface area (Å²) in [5, 5.41) is 10.1. The maximum absolute atomic E-state index is 11.0. The van der Waals surface area contributed by atoms with Crippen molar-refractivity contribution in [2.45, 2.75) is 26.2 Å². The molecule has 0 heterocycles. The Morgan fingerprint density at radius 3 is 2.42 bits per heavy atom. The molecule has 0 amide bonds. The number of benzene rings is 1. The molecule has 1 aromatic rings. The lowest BCUT2D eigenvalue weighted by Crippen LogP contribution is -2.26. The highest BCUT2D eigenvalue weighted by Crippen LogP contribution is 2.32. The molecule has 0 saturated heterocycles. The summed E-state index contributed by atoms with van der Waals surface area (Å²) in [5.74, 6) is -0.944. The topological polar surface area (TPSA) is 63.3 Å². The van der Waals surface area contributed by atoms with Gasteiger partial charge in [0.1, 0.15) is 0 Å². The van der Waals surface area contributed by atoms with Crippen LogP contribution >= 0.6 is 23.2 Å². The van der Waals surface area contributed by atoms with Crippen LogP contribution in [0.4, 0.5) is 0 Å². The number of hydrogen-bond acceptors (Lipinski definition) is 2. The van der Waals surface area contributed by atoms with Gasteiger partial charge in [-0.15, -0.1) is 0 Å². The third kappa shape index (κ3) is 4.37. The molecule has 3 unspecified atom stereocenters. The summed E-state index contributed by atoms with van der Waals surface area (Å²) >= 11 is 11.9. The molecule has 0 bridgehead atoms. The lowest BCUT2D eigenvalue weighted by atomic mass is 9.83. The minimum absolute atomic E-state index is 0.160. The summed E-state index contributed by atoms with van der Waals surface area (Å²) in [6.45, 7) is 4.24. The summed E-state index contributed by atoms with van der Waals surface area (Å²) in [4.78, 5) is 11.0. The molecule has 5 heteroatoms. The number of carbonyl (C=O) groups is 1. The summed E-state index contributed by atoms with van der Waals surface area (Å²) in [6, 6.07) is 5.52. The Morgan fingerprint density at radius 1 is 1.32 bits per heavy atom. The molecule has 3 N–H and O–H groups in total. The van der Waals surface area contributed by atoms with Crippen molar-refractivity contribution >= 4 is 29.2 Å². The van der Waals surface area contributed by atoms with Crippen LogP contribution in [0.25, 0.3) is 0 Å². The first kappa shape index (κ1) is 16.3. The van der Waals surface area contributed by atoms with Gasteiger partial charge in [-0.3, -0.25) is 4.79 Å². The van der Waals surface area contributed by atoms with E-state index in [0.717, 1.165) is 5.56 Å². The van der Waals surface area contributed by atoms with Crippen molar-refractivity contribution in [2.24, 2.45) is 17.6 Å². The van der Waals surface area contributed by atoms with Crippen LogP contribution in [0.5, 0.6) is 0 Å². The van der Waals surface area contributed by atoms with E-state index in [1.54, 1.807) is 6.07 Å². The number of nitrogens with two attached hydrogens (primary N) is 1. The van der Waals surface area contributed by atoms with E-state index in [-0.39, 0.29) is 18.4 Å². The lowest BCUT2D eigenvalue weighted by Gasteiger charge is -2.23. The molecule has 0 aliphatic carbocycles. The van der Waals surface area contributed by atoms with Gasteiger partial charge in [0.25, 0.3) is 0 Å². The molecule has 3 atom stereocenters. The Balaban J connectivity index is 2.78. The summed E-state index contributed by atoms with van der Waals surface area (Å²) < 4.78 is 0. The SMILES string of the molecule is CC(CC(CN)C(=O)O)C(C)c1ccc(Cl)c(Cl)c1. The molecular weight excluding hydrogens is 285 g/mol. The van der Waals surface area contributed by atoms with Gasteiger partial charge in [0, 0.05) is 6.54 Å². The normalized spacial score (nSPS) is 15.8. The van der Waals surface area contributed by atoms with E-state index >= 15 is 0 Å². The summed E-state index contributed by atoms with van der Waals surface area (Å²) in [5.41, 5.74) is 6.54. The third-order valence-corrected chi connectivity index (χ3v) is 4.35. The molecule has 0 fully saturated rings. The van der Waals surface area contributed by atoms with Gasteiger partial charge in [0.15, 0.2) is 0 Å². The fraction of sp³-hybridized carbons (Fsp3) is 0.500. The highest BCUT2D eigenvalue weighted by atomic mass is 35.5. The molecule has 0 saturated carbocycles. The number of carboxylic acid groups (broad SMARTS) is 1. The number of halogens is 2. The monoisotopic (exact) mass is 303 g/mol. The third-order valence-electron chi connectivity index (χ3n) is 3.61. The van der Waals surface area contributed by atoms with Crippen LogP contribution in [0.15, 0.2) is 18.2 Å². The summed E-state index contributed by atoms with van der Waals surface area (Å²) in [6.07, 6.45) is 0.549. The van der Waals surface area contributed by atoms with Crippen LogP contribution in [-0.2, 0) is 4.79 Å². The zero-order chi connectivity index (χ0) is 14.6. The molecule has 1 rings (SSSR count). The Kier molecular flexibility index (Phi) is 6.11. The molecule has 0 spiro atoms. The van der Waals surface area contributed by atoms with Gasteiger partial charge in [-0.05, 0) is 36.0 Å².